The predicted molar refractivity (Wildman–Crippen MR) is 73.1 cm³/mol. The number of carbonyl (C=O) groups is 1. The fourth-order valence-corrected chi connectivity index (χ4v) is 3.73. The van der Waals surface area contributed by atoms with Gasteiger partial charge in [0, 0.05) is 30.1 Å². The van der Waals surface area contributed by atoms with Gasteiger partial charge < -0.3 is 10.2 Å². The largest absolute Gasteiger partial charge is 0.335 e. The Hall–Kier alpha value is 0.0900. The summed E-state index contributed by atoms with van der Waals surface area (Å²) in [7, 11) is 0. The average Bonchev–Trinajstić information content (AvgIpc) is 2.58. The molecule has 3 nitrogen and oxygen atoms in total. The number of nitrogens with one attached hydrogen (secondary N) is 1. The van der Waals surface area contributed by atoms with Crippen LogP contribution in [0.4, 0.5) is 0 Å². The van der Waals surface area contributed by atoms with E-state index >= 15 is 0 Å². The first-order chi connectivity index (χ1) is 7.58. The van der Waals surface area contributed by atoms with Gasteiger partial charge in [-0.1, -0.05) is 0 Å². The number of halogens is 2. The van der Waals surface area contributed by atoms with Crippen molar-refractivity contribution in [1.29, 1.82) is 0 Å². The summed E-state index contributed by atoms with van der Waals surface area (Å²) in [6.45, 7) is 4.54. The second-order valence-electron chi connectivity index (χ2n) is 3.84. The van der Waals surface area contributed by atoms with E-state index in [9.17, 15) is 4.79 Å². The van der Waals surface area contributed by atoms with E-state index in [1.807, 2.05) is 11.0 Å². The van der Waals surface area contributed by atoms with Crippen molar-refractivity contribution in [3.05, 3.63) is 19.2 Å². The number of hydrogen-bond acceptors (Lipinski definition) is 3. The van der Waals surface area contributed by atoms with Gasteiger partial charge >= 0.3 is 0 Å². The number of carbonyl (C=O) groups excluding carboxylic acids is 1. The van der Waals surface area contributed by atoms with E-state index in [0.717, 1.165) is 32.8 Å². The van der Waals surface area contributed by atoms with E-state index in [2.05, 4.69) is 44.1 Å². The summed E-state index contributed by atoms with van der Waals surface area (Å²) in [5.74, 6) is 0.129. The van der Waals surface area contributed by atoms with E-state index in [1.165, 1.54) is 11.3 Å². The summed E-state index contributed by atoms with van der Waals surface area (Å²) >= 11 is 8.28. The Bertz CT molecular complexity index is 388. The molecular weight excluding hydrogens is 356 g/mol. The number of thiophene rings is 1. The first-order valence-electron chi connectivity index (χ1n) is 5.05. The lowest BCUT2D eigenvalue weighted by molar-refractivity contribution is 0.0714. The second kappa shape index (κ2) is 5.16. The molecule has 1 amide bonds. The van der Waals surface area contributed by atoms with E-state index < -0.39 is 0 Å². The number of hydrogen-bond donors (Lipinski definition) is 1. The maximum absolute atomic E-state index is 12.2. The van der Waals surface area contributed by atoms with Gasteiger partial charge in [-0.15, -0.1) is 11.3 Å². The Balaban J connectivity index is 2.12. The zero-order valence-corrected chi connectivity index (χ0v) is 12.8. The Morgan fingerprint density at radius 2 is 2.38 bits per heavy atom. The smallest absolute Gasteiger partial charge is 0.264 e. The number of piperazine rings is 1. The van der Waals surface area contributed by atoms with Gasteiger partial charge in [-0.3, -0.25) is 4.79 Å². The Morgan fingerprint density at radius 1 is 1.62 bits per heavy atom. The van der Waals surface area contributed by atoms with Gasteiger partial charge in [-0.25, -0.2) is 0 Å². The molecule has 2 heterocycles. The van der Waals surface area contributed by atoms with Crippen molar-refractivity contribution in [3.63, 3.8) is 0 Å². The van der Waals surface area contributed by atoms with Crippen LogP contribution in [-0.4, -0.2) is 36.5 Å². The van der Waals surface area contributed by atoms with Crippen molar-refractivity contribution in [1.82, 2.24) is 10.2 Å². The van der Waals surface area contributed by atoms with Crippen LogP contribution in [0.15, 0.2) is 14.3 Å². The standard InChI is InChI=1S/C10H12Br2N2OS/c1-6-5-14(3-2-13-6)10(15)8-4-7(11)9(12)16-8/h4,6,13H,2-3,5H2,1H3/t6-/m1/s1. The van der Waals surface area contributed by atoms with Crippen molar-refractivity contribution >= 4 is 49.1 Å². The third-order valence-corrected chi connectivity index (χ3v) is 5.76. The van der Waals surface area contributed by atoms with Crippen molar-refractivity contribution < 1.29 is 4.79 Å². The van der Waals surface area contributed by atoms with Gasteiger partial charge in [0.25, 0.3) is 5.91 Å². The molecule has 1 N–H and O–H groups in total. The molecule has 0 saturated carbocycles. The monoisotopic (exact) mass is 366 g/mol. The van der Waals surface area contributed by atoms with Crippen LogP contribution in [0.5, 0.6) is 0 Å². The quantitative estimate of drug-likeness (QED) is 0.827. The van der Waals surface area contributed by atoms with Crippen molar-refractivity contribution in [2.75, 3.05) is 19.6 Å². The lowest BCUT2D eigenvalue weighted by atomic mass is 10.2. The molecule has 1 aliphatic rings. The van der Waals surface area contributed by atoms with Gasteiger partial charge in [0.2, 0.25) is 0 Å². The average molecular weight is 368 g/mol. The first kappa shape index (κ1) is 12.5. The van der Waals surface area contributed by atoms with Crippen molar-refractivity contribution in [2.24, 2.45) is 0 Å². The van der Waals surface area contributed by atoms with E-state index in [1.54, 1.807) is 0 Å². The van der Waals surface area contributed by atoms with Crippen LogP contribution < -0.4 is 5.32 Å². The molecule has 6 heteroatoms. The van der Waals surface area contributed by atoms with Crippen molar-refractivity contribution in [3.8, 4) is 0 Å². The zero-order chi connectivity index (χ0) is 11.7. The molecule has 16 heavy (non-hydrogen) atoms. The molecular formula is C10H12Br2N2OS. The van der Waals surface area contributed by atoms with Gasteiger partial charge in [-0.2, -0.15) is 0 Å². The summed E-state index contributed by atoms with van der Waals surface area (Å²) in [6.07, 6.45) is 0. The molecule has 1 aromatic heterocycles. The van der Waals surface area contributed by atoms with Crippen LogP contribution >= 0.6 is 43.2 Å². The molecule has 0 bridgehead atoms. The fraction of sp³-hybridized carbons (Fsp3) is 0.500. The highest BCUT2D eigenvalue weighted by atomic mass is 79.9. The lowest BCUT2D eigenvalue weighted by Crippen LogP contribution is -2.51. The van der Waals surface area contributed by atoms with Gasteiger partial charge in [-0.05, 0) is 44.8 Å². The third kappa shape index (κ3) is 2.67. The zero-order valence-electron chi connectivity index (χ0n) is 8.80. The molecule has 0 radical (unpaired) electrons. The minimum atomic E-state index is 0.129. The highest BCUT2D eigenvalue weighted by Crippen LogP contribution is 2.33. The molecule has 1 aliphatic heterocycles. The van der Waals surface area contributed by atoms with Gasteiger partial charge in [0.1, 0.15) is 0 Å². The molecule has 1 atom stereocenters. The highest BCUT2D eigenvalue weighted by molar-refractivity contribution is 9.13. The SMILES string of the molecule is C[C@@H]1CN(C(=O)c2cc(Br)c(Br)s2)CCN1. The molecule has 88 valence electrons. The minimum Gasteiger partial charge on any atom is -0.335 e. The lowest BCUT2D eigenvalue weighted by Gasteiger charge is -2.31. The van der Waals surface area contributed by atoms with Crippen LogP contribution in [0.3, 0.4) is 0 Å². The summed E-state index contributed by atoms with van der Waals surface area (Å²) in [4.78, 5) is 14.9. The molecule has 1 aromatic rings. The molecule has 0 aromatic carbocycles. The number of nitrogens with zero attached hydrogens (tertiary/aromatic N) is 1. The number of rotatable bonds is 1. The summed E-state index contributed by atoms with van der Waals surface area (Å²) in [5.41, 5.74) is 0. The van der Waals surface area contributed by atoms with Crippen molar-refractivity contribution in [2.45, 2.75) is 13.0 Å². The third-order valence-electron chi connectivity index (χ3n) is 2.51. The normalized spacial score (nSPS) is 21.2. The predicted octanol–water partition coefficient (Wildman–Crippen LogP) is 2.71. The number of amides is 1. The van der Waals surface area contributed by atoms with Crippen LogP contribution in [-0.2, 0) is 0 Å². The first-order valence-corrected chi connectivity index (χ1v) is 7.45. The maximum Gasteiger partial charge on any atom is 0.264 e. The van der Waals surface area contributed by atoms with Crippen LogP contribution in [0.25, 0.3) is 0 Å². The summed E-state index contributed by atoms with van der Waals surface area (Å²) in [6, 6.07) is 2.26. The Kier molecular flexibility index (Phi) is 4.05. The maximum atomic E-state index is 12.2. The topological polar surface area (TPSA) is 32.3 Å². The Labute approximate surface area is 115 Å². The minimum absolute atomic E-state index is 0.129. The van der Waals surface area contributed by atoms with Gasteiger partial charge in [0.15, 0.2) is 0 Å². The molecule has 0 aliphatic carbocycles. The molecule has 1 saturated heterocycles. The van der Waals surface area contributed by atoms with Gasteiger partial charge in [0.05, 0.1) is 8.66 Å². The van der Waals surface area contributed by atoms with Crippen LogP contribution in [0.2, 0.25) is 0 Å². The van der Waals surface area contributed by atoms with Crippen LogP contribution in [0, 0.1) is 0 Å². The van der Waals surface area contributed by atoms with E-state index in [-0.39, 0.29) is 5.91 Å². The highest BCUT2D eigenvalue weighted by Gasteiger charge is 2.23. The summed E-state index contributed by atoms with van der Waals surface area (Å²) < 4.78 is 1.92. The molecule has 0 unspecified atom stereocenters. The van der Waals surface area contributed by atoms with E-state index in [4.69, 9.17) is 0 Å². The fourth-order valence-electron chi connectivity index (χ4n) is 1.72. The molecule has 1 fully saturated rings. The molecule has 2 rings (SSSR count). The van der Waals surface area contributed by atoms with Crippen LogP contribution in [0.1, 0.15) is 16.6 Å². The summed E-state index contributed by atoms with van der Waals surface area (Å²) in [5, 5.41) is 3.33. The van der Waals surface area contributed by atoms with E-state index in [0.29, 0.717) is 6.04 Å². The Morgan fingerprint density at radius 3 is 2.94 bits per heavy atom. The molecule has 0 spiro atoms. The second-order valence-corrected chi connectivity index (χ2v) is 7.06.